The standard InChI is InChI=1S/C26H44N4O6S/c1-10-12-17(20(31)23(33)27-13-11-2)28-22(32)19-18-16(26(18,8)9)14-30(19)24(34)21(25(5,6)7)29-37(35,36)15(3)4/h11,15-19,21,29H,2,10,12-14H2,1,3-9H3,(H,27,33)(H,28,32)/t16?,17?,18?,19-,21+/m0/s1. The van der Waals surface area contributed by atoms with Crippen molar-refractivity contribution in [2.75, 3.05) is 13.1 Å². The Morgan fingerprint density at radius 1 is 1.16 bits per heavy atom. The normalized spacial score (nSPS) is 24.1. The van der Waals surface area contributed by atoms with Gasteiger partial charge in [-0.25, -0.2) is 13.1 Å². The van der Waals surface area contributed by atoms with Gasteiger partial charge in [-0.05, 0) is 42.9 Å². The molecule has 2 fully saturated rings. The molecule has 10 nitrogen and oxygen atoms in total. The van der Waals surface area contributed by atoms with Crippen molar-refractivity contribution >= 4 is 33.5 Å². The van der Waals surface area contributed by atoms with E-state index in [-0.39, 0.29) is 30.2 Å². The number of hydrogen-bond acceptors (Lipinski definition) is 6. The first-order chi connectivity index (χ1) is 16.9. The molecule has 0 aromatic rings. The minimum atomic E-state index is -3.77. The number of amides is 3. The largest absolute Gasteiger partial charge is 0.346 e. The van der Waals surface area contributed by atoms with Crippen LogP contribution in [0.2, 0.25) is 0 Å². The first-order valence-electron chi connectivity index (χ1n) is 13.0. The summed E-state index contributed by atoms with van der Waals surface area (Å²) in [5.74, 6) is -2.59. The van der Waals surface area contributed by atoms with Crippen LogP contribution in [0.25, 0.3) is 0 Å². The molecule has 0 radical (unpaired) electrons. The quantitative estimate of drug-likeness (QED) is 0.252. The minimum Gasteiger partial charge on any atom is -0.346 e. The third kappa shape index (κ3) is 6.60. The summed E-state index contributed by atoms with van der Waals surface area (Å²) in [5.41, 5.74) is -0.939. The highest BCUT2D eigenvalue weighted by Crippen LogP contribution is 2.65. The minimum absolute atomic E-state index is 0.0748. The van der Waals surface area contributed by atoms with E-state index in [1.165, 1.54) is 24.8 Å². The van der Waals surface area contributed by atoms with Gasteiger partial charge in [-0.1, -0.05) is 54.0 Å². The molecular formula is C26H44N4O6S. The lowest BCUT2D eigenvalue weighted by molar-refractivity contribution is -0.145. The van der Waals surface area contributed by atoms with Gasteiger partial charge in [0, 0.05) is 13.1 Å². The molecule has 37 heavy (non-hydrogen) atoms. The van der Waals surface area contributed by atoms with Gasteiger partial charge in [0.05, 0.1) is 11.3 Å². The smallest absolute Gasteiger partial charge is 0.289 e. The molecule has 2 rings (SSSR count). The number of carbonyl (C=O) groups excluding carboxylic acids is 4. The highest BCUT2D eigenvalue weighted by atomic mass is 32.2. The molecule has 0 aromatic carbocycles. The van der Waals surface area contributed by atoms with E-state index in [2.05, 4.69) is 21.9 Å². The fraction of sp³-hybridized carbons (Fsp3) is 0.769. The number of likely N-dealkylation sites (tertiary alicyclic amines) is 1. The van der Waals surface area contributed by atoms with E-state index < -0.39 is 62.3 Å². The van der Waals surface area contributed by atoms with Crippen molar-refractivity contribution in [3.05, 3.63) is 12.7 Å². The van der Waals surface area contributed by atoms with E-state index in [1.54, 1.807) is 20.8 Å². The zero-order valence-corrected chi connectivity index (χ0v) is 24.2. The average Bonchev–Trinajstić information content (AvgIpc) is 3.12. The number of nitrogens with one attached hydrogen (secondary N) is 3. The highest BCUT2D eigenvalue weighted by Gasteiger charge is 2.70. The van der Waals surface area contributed by atoms with Gasteiger partial charge in [0.25, 0.3) is 5.91 Å². The van der Waals surface area contributed by atoms with Crippen LogP contribution in [0.15, 0.2) is 12.7 Å². The second-order valence-corrected chi connectivity index (χ2v) is 14.4. The van der Waals surface area contributed by atoms with Crippen LogP contribution < -0.4 is 15.4 Å². The van der Waals surface area contributed by atoms with E-state index in [9.17, 15) is 27.6 Å². The Morgan fingerprint density at radius 2 is 1.76 bits per heavy atom. The molecule has 3 amide bonds. The van der Waals surface area contributed by atoms with Gasteiger partial charge in [-0.15, -0.1) is 6.58 Å². The molecule has 2 aliphatic rings. The molecule has 1 heterocycles. The Bertz CT molecular complexity index is 1030. The summed E-state index contributed by atoms with van der Waals surface area (Å²) in [5, 5.41) is 4.45. The van der Waals surface area contributed by atoms with Gasteiger partial charge in [-0.3, -0.25) is 19.2 Å². The number of ketones is 1. The third-order valence-electron chi connectivity index (χ3n) is 7.62. The van der Waals surface area contributed by atoms with Crippen LogP contribution >= 0.6 is 0 Å². The van der Waals surface area contributed by atoms with E-state index >= 15 is 0 Å². The molecule has 1 saturated carbocycles. The van der Waals surface area contributed by atoms with E-state index in [1.807, 2.05) is 20.8 Å². The zero-order valence-electron chi connectivity index (χ0n) is 23.4. The number of sulfonamides is 1. The van der Waals surface area contributed by atoms with Crippen LogP contribution in [0.4, 0.5) is 0 Å². The Balaban J connectivity index is 2.35. The maximum Gasteiger partial charge on any atom is 0.289 e. The lowest BCUT2D eigenvalue weighted by Crippen LogP contribution is -2.61. The number of nitrogens with zero attached hydrogens (tertiary/aromatic N) is 1. The summed E-state index contributed by atoms with van der Waals surface area (Å²) < 4.78 is 27.9. The number of Topliss-reactive ketones (excluding diaryl/α,β-unsaturated/α-hetero) is 1. The van der Waals surface area contributed by atoms with Gasteiger partial charge in [0.15, 0.2) is 0 Å². The van der Waals surface area contributed by atoms with Crippen LogP contribution in [0.1, 0.15) is 68.2 Å². The van der Waals surface area contributed by atoms with Gasteiger partial charge in [0.2, 0.25) is 27.6 Å². The lowest BCUT2D eigenvalue weighted by Gasteiger charge is -2.38. The monoisotopic (exact) mass is 540 g/mol. The fourth-order valence-corrected chi connectivity index (χ4v) is 6.16. The van der Waals surface area contributed by atoms with Crippen LogP contribution in [-0.4, -0.2) is 73.3 Å². The summed E-state index contributed by atoms with van der Waals surface area (Å²) in [6.45, 7) is 18.2. The molecule has 3 unspecified atom stereocenters. The Hall–Kier alpha value is -2.27. The van der Waals surface area contributed by atoms with Crippen molar-refractivity contribution in [3.63, 3.8) is 0 Å². The summed E-state index contributed by atoms with van der Waals surface area (Å²) in [7, 11) is -3.77. The first-order valence-corrected chi connectivity index (χ1v) is 14.5. The molecule has 0 aromatic heterocycles. The van der Waals surface area contributed by atoms with Crippen molar-refractivity contribution in [3.8, 4) is 0 Å². The number of rotatable bonds is 12. The predicted octanol–water partition coefficient (Wildman–Crippen LogP) is 1.37. The van der Waals surface area contributed by atoms with Crippen LogP contribution in [0.5, 0.6) is 0 Å². The zero-order chi connectivity index (χ0) is 28.5. The SMILES string of the molecule is C=CCNC(=O)C(=O)C(CCC)NC(=O)[C@@H]1C2C(CN1C(=O)[C@@H](NS(=O)(=O)C(C)C)C(C)(C)C)C2(C)C. The molecular weight excluding hydrogens is 496 g/mol. The van der Waals surface area contributed by atoms with Gasteiger partial charge >= 0.3 is 0 Å². The molecule has 11 heteroatoms. The van der Waals surface area contributed by atoms with Crippen LogP contribution in [0, 0.1) is 22.7 Å². The molecule has 3 N–H and O–H groups in total. The summed E-state index contributed by atoms with van der Waals surface area (Å²) in [6, 6.07) is -2.98. The summed E-state index contributed by atoms with van der Waals surface area (Å²) in [4.78, 5) is 54.0. The van der Waals surface area contributed by atoms with Crippen molar-refractivity contribution < 1.29 is 27.6 Å². The van der Waals surface area contributed by atoms with Crippen molar-refractivity contribution in [1.29, 1.82) is 0 Å². The van der Waals surface area contributed by atoms with E-state index in [0.717, 1.165) is 0 Å². The molecule has 1 aliphatic heterocycles. The molecule has 1 saturated heterocycles. The Morgan fingerprint density at radius 3 is 2.24 bits per heavy atom. The number of carbonyl (C=O) groups is 4. The molecule has 1 aliphatic carbocycles. The maximum atomic E-state index is 13.8. The molecule has 210 valence electrons. The van der Waals surface area contributed by atoms with Crippen LogP contribution in [-0.2, 0) is 29.2 Å². The summed E-state index contributed by atoms with van der Waals surface area (Å²) in [6.07, 6.45) is 2.28. The second kappa shape index (κ2) is 11.2. The fourth-order valence-electron chi connectivity index (χ4n) is 5.10. The second-order valence-electron chi connectivity index (χ2n) is 12.1. The maximum absolute atomic E-state index is 13.8. The predicted molar refractivity (Wildman–Crippen MR) is 142 cm³/mol. The van der Waals surface area contributed by atoms with Gasteiger partial charge < -0.3 is 15.5 Å². The first kappa shape index (κ1) is 31.0. The number of fused-ring (bicyclic) bond motifs is 1. The van der Waals surface area contributed by atoms with E-state index in [4.69, 9.17) is 0 Å². The molecule has 5 atom stereocenters. The lowest BCUT2D eigenvalue weighted by atomic mass is 9.86. The van der Waals surface area contributed by atoms with Gasteiger partial charge in [0.1, 0.15) is 12.1 Å². The Kier molecular flexibility index (Phi) is 9.39. The summed E-state index contributed by atoms with van der Waals surface area (Å²) >= 11 is 0. The average molecular weight is 541 g/mol. The number of hydrogen-bond donors (Lipinski definition) is 3. The van der Waals surface area contributed by atoms with Crippen molar-refractivity contribution in [1.82, 2.24) is 20.3 Å². The van der Waals surface area contributed by atoms with Crippen molar-refractivity contribution in [2.24, 2.45) is 22.7 Å². The third-order valence-corrected chi connectivity index (χ3v) is 9.42. The van der Waals surface area contributed by atoms with Crippen LogP contribution in [0.3, 0.4) is 0 Å². The van der Waals surface area contributed by atoms with Gasteiger partial charge in [-0.2, -0.15) is 0 Å². The highest BCUT2D eigenvalue weighted by molar-refractivity contribution is 7.90. The Labute approximate surface area is 221 Å². The molecule has 0 bridgehead atoms. The topological polar surface area (TPSA) is 142 Å². The van der Waals surface area contributed by atoms with E-state index in [0.29, 0.717) is 13.0 Å². The molecule has 0 spiro atoms. The van der Waals surface area contributed by atoms with Crippen molar-refractivity contribution in [2.45, 2.75) is 91.6 Å². The number of piperidine rings is 1.